The Morgan fingerprint density at radius 2 is 1.63 bits per heavy atom. The van der Waals surface area contributed by atoms with Crippen molar-refractivity contribution in [2.24, 2.45) is 0 Å². The highest BCUT2D eigenvalue weighted by atomic mass is 32.2. The van der Waals surface area contributed by atoms with Gasteiger partial charge < -0.3 is 19.5 Å². The van der Waals surface area contributed by atoms with Crippen molar-refractivity contribution in [3.05, 3.63) is 72.3 Å². The van der Waals surface area contributed by atoms with Crippen LogP contribution in [0.25, 0.3) is 0 Å². The van der Waals surface area contributed by atoms with Crippen LogP contribution in [-0.2, 0) is 14.8 Å². The topological polar surface area (TPSA) is 127 Å². The van der Waals surface area contributed by atoms with Crippen LogP contribution in [0.2, 0.25) is 0 Å². The van der Waals surface area contributed by atoms with E-state index in [1.54, 1.807) is 61.5 Å². The molecule has 1 heterocycles. The van der Waals surface area contributed by atoms with Gasteiger partial charge in [0.2, 0.25) is 0 Å². The molecular weight excluding hydrogens is 470 g/mol. The van der Waals surface area contributed by atoms with Crippen molar-refractivity contribution in [2.75, 3.05) is 23.3 Å². The first-order valence-electron chi connectivity index (χ1n) is 10.8. The van der Waals surface area contributed by atoms with Gasteiger partial charge in [-0.2, -0.15) is 5.26 Å². The summed E-state index contributed by atoms with van der Waals surface area (Å²) in [4.78, 5) is 12.5. The summed E-state index contributed by atoms with van der Waals surface area (Å²) in [7, 11) is -3.86. The summed E-state index contributed by atoms with van der Waals surface area (Å²) in [6, 6.07) is 19.2. The van der Waals surface area contributed by atoms with Gasteiger partial charge in [-0.15, -0.1) is 0 Å². The Kier molecular flexibility index (Phi) is 7.08. The number of nitrogens with zero attached hydrogens (tertiary/aromatic N) is 1. The van der Waals surface area contributed by atoms with Crippen LogP contribution in [0.3, 0.4) is 0 Å². The number of ether oxygens (including phenoxy) is 3. The van der Waals surface area contributed by atoms with E-state index in [9.17, 15) is 13.2 Å². The van der Waals surface area contributed by atoms with E-state index >= 15 is 0 Å². The Labute approximate surface area is 203 Å². The largest absolute Gasteiger partial charge is 0.490 e. The van der Waals surface area contributed by atoms with Crippen LogP contribution < -0.4 is 24.2 Å². The molecular formula is C25H23N3O6S. The summed E-state index contributed by atoms with van der Waals surface area (Å²) in [5.74, 6) is 0.987. The molecule has 180 valence electrons. The number of sulfonamides is 1. The molecule has 0 unspecified atom stereocenters. The zero-order valence-corrected chi connectivity index (χ0v) is 19.7. The fraction of sp³-hybridized carbons (Fsp3) is 0.200. The first-order chi connectivity index (χ1) is 16.8. The second kappa shape index (κ2) is 10.4. The summed E-state index contributed by atoms with van der Waals surface area (Å²) < 4.78 is 44.9. The Morgan fingerprint density at radius 1 is 0.971 bits per heavy atom. The fourth-order valence-corrected chi connectivity index (χ4v) is 4.33. The first-order valence-corrected chi connectivity index (χ1v) is 12.3. The number of nitrogens with one attached hydrogen (secondary N) is 2. The van der Waals surface area contributed by atoms with Gasteiger partial charge in [0.25, 0.3) is 15.9 Å². The van der Waals surface area contributed by atoms with E-state index in [4.69, 9.17) is 19.5 Å². The predicted octanol–water partition coefficient (Wildman–Crippen LogP) is 3.93. The summed E-state index contributed by atoms with van der Waals surface area (Å²) in [6.45, 7) is 2.57. The minimum Gasteiger partial charge on any atom is -0.490 e. The molecule has 35 heavy (non-hydrogen) atoms. The Hall–Kier alpha value is -4.23. The lowest BCUT2D eigenvalue weighted by atomic mass is 10.2. The number of carbonyl (C=O) groups excluding carboxylic acids is 1. The monoisotopic (exact) mass is 493 g/mol. The highest BCUT2D eigenvalue weighted by molar-refractivity contribution is 7.92. The highest BCUT2D eigenvalue weighted by Gasteiger charge is 2.19. The molecule has 10 heteroatoms. The van der Waals surface area contributed by atoms with Crippen molar-refractivity contribution in [3.8, 4) is 23.3 Å². The Bertz CT molecular complexity index is 1350. The third kappa shape index (κ3) is 6.02. The van der Waals surface area contributed by atoms with E-state index in [1.165, 1.54) is 12.1 Å². The quantitative estimate of drug-likeness (QED) is 0.511. The molecule has 0 fully saturated rings. The van der Waals surface area contributed by atoms with E-state index in [-0.39, 0.29) is 10.8 Å². The number of nitriles is 1. The molecule has 0 saturated heterocycles. The number of fused-ring (bicyclic) bond motifs is 1. The highest BCUT2D eigenvalue weighted by Crippen LogP contribution is 2.32. The Morgan fingerprint density at radius 3 is 2.31 bits per heavy atom. The van der Waals surface area contributed by atoms with Crippen molar-refractivity contribution in [3.63, 3.8) is 0 Å². The summed E-state index contributed by atoms with van der Waals surface area (Å²) >= 11 is 0. The third-order valence-corrected chi connectivity index (χ3v) is 6.48. The molecule has 3 aromatic rings. The maximum atomic E-state index is 12.8. The number of hydrogen-bond donors (Lipinski definition) is 2. The van der Waals surface area contributed by atoms with Gasteiger partial charge in [0, 0.05) is 23.9 Å². The minimum absolute atomic E-state index is 0.0490. The average Bonchev–Trinajstić information content (AvgIpc) is 3.10. The SMILES string of the molecule is C[C@@H](Oc1ccc(C#N)cc1)C(=O)Nc1ccc(NS(=O)(=O)c2ccc3c(c2)OCCCO3)cc1. The molecule has 0 radical (unpaired) electrons. The van der Waals surface area contributed by atoms with E-state index in [2.05, 4.69) is 10.0 Å². The van der Waals surface area contributed by atoms with E-state index in [0.717, 1.165) is 6.42 Å². The third-order valence-electron chi connectivity index (χ3n) is 5.10. The summed E-state index contributed by atoms with van der Waals surface area (Å²) in [5.41, 5.74) is 1.30. The molecule has 9 nitrogen and oxygen atoms in total. The zero-order chi connectivity index (χ0) is 24.8. The predicted molar refractivity (Wildman–Crippen MR) is 129 cm³/mol. The number of hydrogen-bond acceptors (Lipinski definition) is 7. The fourth-order valence-electron chi connectivity index (χ4n) is 3.26. The van der Waals surface area contributed by atoms with Crippen LogP contribution >= 0.6 is 0 Å². The Balaban J connectivity index is 1.37. The molecule has 0 saturated carbocycles. The molecule has 1 aliphatic heterocycles. The van der Waals surface area contributed by atoms with Crippen LogP contribution in [-0.4, -0.2) is 33.6 Å². The maximum absolute atomic E-state index is 12.8. The van der Waals surface area contributed by atoms with Crippen molar-refractivity contribution in [2.45, 2.75) is 24.3 Å². The van der Waals surface area contributed by atoms with Gasteiger partial charge in [0.15, 0.2) is 17.6 Å². The second-order valence-electron chi connectivity index (χ2n) is 7.73. The lowest BCUT2D eigenvalue weighted by molar-refractivity contribution is -0.122. The number of amides is 1. The number of anilines is 2. The van der Waals surface area contributed by atoms with Crippen molar-refractivity contribution in [1.29, 1.82) is 5.26 Å². The number of rotatable bonds is 7. The zero-order valence-electron chi connectivity index (χ0n) is 18.9. The lowest BCUT2D eigenvalue weighted by Crippen LogP contribution is -2.30. The van der Waals surface area contributed by atoms with E-state index in [0.29, 0.717) is 47.4 Å². The maximum Gasteiger partial charge on any atom is 0.265 e. The van der Waals surface area contributed by atoms with Gasteiger partial charge in [0.05, 0.1) is 29.7 Å². The molecule has 4 rings (SSSR count). The molecule has 0 aliphatic carbocycles. The van der Waals surface area contributed by atoms with Crippen LogP contribution in [0.1, 0.15) is 18.9 Å². The van der Waals surface area contributed by atoms with E-state index < -0.39 is 16.1 Å². The van der Waals surface area contributed by atoms with Gasteiger partial charge >= 0.3 is 0 Å². The molecule has 2 N–H and O–H groups in total. The molecule has 1 aliphatic rings. The molecule has 1 atom stereocenters. The standard InChI is InChI=1S/C25H23N3O6S/c1-17(34-21-9-3-18(16-26)4-10-21)25(29)27-19-5-7-20(8-6-19)28-35(30,31)22-11-12-23-24(15-22)33-14-2-13-32-23/h3-12,15,17,28H,2,13-14H2,1H3,(H,27,29)/t17-/m1/s1. The molecule has 0 bridgehead atoms. The van der Waals surface area contributed by atoms with E-state index in [1.807, 2.05) is 6.07 Å². The van der Waals surface area contributed by atoms with Crippen LogP contribution in [0.4, 0.5) is 11.4 Å². The average molecular weight is 494 g/mol. The smallest absolute Gasteiger partial charge is 0.265 e. The minimum atomic E-state index is -3.86. The number of benzene rings is 3. The normalized spacial score (nSPS) is 13.6. The van der Waals surface area contributed by atoms with Crippen molar-refractivity contribution >= 4 is 27.3 Å². The molecule has 1 amide bonds. The first kappa shape index (κ1) is 23.9. The molecule has 3 aromatic carbocycles. The summed E-state index contributed by atoms with van der Waals surface area (Å²) in [6.07, 6.45) is -0.0707. The molecule has 0 aromatic heterocycles. The lowest BCUT2D eigenvalue weighted by Gasteiger charge is -2.15. The van der Waals surface area contributed by atoms with Crippen LogP contribution in [0.15, 0.2) is 71.6 Å². The van der Waals surface area contributed by atoms with Gasteiger partial charge in [-0.25, -0.2) is 8.42 Å². The molecule has 0 spiro atoms. The second-order valence-corrected chi connectivity index (χ2v) is 9.41. The van der Waals surface area contributed by atoms with Crippen molar-refractivity contribution < 1.29 is 27.4 Å². The van der Waals surface area contributed by atoms with Gasteiger partial charge in [-0.3, -0.25) is 9.52 Å². The summed E-state index contributed by atoms with van der Waals surface area (Å²) in [5, 5.41) is 11.6. The van der Waals surface area contributed by atoms with Gasteiger partial charge in [-0.1, -0.05) is 0 Å². The number of carbonyl (C=O) groups is 1. The van der Waals surface area contributed by atoms with Gasteiger partial charge in [-0.05, 0) is 67.6 Å². The van der Waals surface area contributed by atoms with Gasteiger partial charge in [0.1, 0.15) is 5.75 Å². The van der Waals surface area contributed by atoms with Crippen molar-refractivity contribution in [1.82, 2.24) is 0 Å². The van der Waals surface area contributed by atoms with Crippen LogP contribution in [0.5, 0.6) is 17.2 Å². The van der Waals surface area contributed by atoms with Crippen LogP contribution in [0, 0.1) is 11.3 Å².